The van der Waals surface area contributed by atoms with Gasteiger partial charge in [-0.05, 0) is 54.1 Å². The molecule has 0 aliphatic carbocycles. The van der Waals surface area contributed by atoms with Gasteiger partial charge in [0, 0.05) is 38.8 Å². The number of amides is 2. The van der Waals surface area contributed by atoms with E-state index in [1.165, 1.54) is 15.6 Å². The van der Waals surface area contributed by atoms with Gasteiger partial charge >= 0.3 is 5.69 Å². The van der Waals surface area contributed by atoms with Crippen LogP contribution in [0, 0.1) is 0 Å². The Balaban J connectivity index is 1.45. The van der Waals surface area contributed by atoms with E-state index in [4.69, 9.17) is 5.73 Å². The Kier molecular flexibility index (Phi) is 5.31. The van der Waals surface area contributed by atoms with Crippen LogP contribution in [0.25, 0.3) is 26.2 Å². The van der Waals surface area contributed by atoms with Gasteiger partial charge in [-0.15, -0.1) is 11.3 Å². The summed E-state index contributed by atoms with van der Waals surface area (Å²) in [5.41, 5.74) is 8.17. The van der Waals surface area contributed by atoms with Crippen LogP contribution < -0.4 is 16.7 Å². The largest absolute Gasteiger partial charge is 0.366 e. The minimum absolute atomic E-state index is 0.216. The van der Waals surface area contributed by atoms with Gasteiger partial charge < -0.3 is 11.1 Å². The second-order valence-corrected chi connectivity index (χ2v) is 8.76. The van der Waals surface area contributed by atoms with Crippen molar-refractivity contribution in [3.05, 3.63) is 101 Å². The van der Waals surface area contributed by atoms with Crippen LogP contribution in [0.5, 0.6) is 0 Å². The number of nitrogens with zero attached hydrogens (tertiary/aromatic N) is 3. The van der Waals surface area contributed by atoms with Gasteiger partial charge in [-0.25, -0.2) is 14.0 Å². The van der Waals surface area contributed by atoms with Gasteiger partial charge in [0.2, 0.25) is 5.91 Å². The number of hydrogen-bond acceptors (Lipinski definition) is 5. The molecule has 0 saturated heterocycles. The molecule has 34 heavy (non-hydrogen) atoms. The summed E-state index contributed by atoms with van der Waals surface area (Å²) >= 11 is 1.58. The van der Waals surface area contributed by atoms with Crippen molar-refractivity contribution in [2.45, 2.75) is 0 Å². The summed E-state index contributed by atoms with van der Waals surface area (Å²) in [6.45, 7) is 0. The lowest BCUT2D eigenvalue weighted by molar-refractivity contribution is 0.0996. The average Bonchev–Trinajstić information content (AvgIpc) is 3.42. The van der Waals surface area contributed by atoms with Crippen LogP contribution in [0.4, 0.5) is 5.69 Å². The second-order valence-electron chi connectivity index (χ2n) is 7.68. The number of rotatable bonds is 5. The van der Waals surface area contributed by atoms with Gasteiger partial charge in [0.1, 0.15) is 6.33 Å². The predicted octanol–water partition coefficient (Wildman–Crippen LogP) is 3.80. The van der Waals surface area contributed by atoms with E-state index in [0.29, 0.717) is 16.8 Å². The minimum Gasteiger partial charge on any atom is -0.366 e. The first kappa shape index (κ1) is 21.4. The maximum absolute atomic E-state index is 13.0. The molecule has 5 aromatic rings. The Labute approximate surface area is 197 Å². The molecule has 168 valence electrons. The van der Waals surface area contributed by atoms with E-state index in [2.05, 4.69) is 10.4 Å². The molecule has 0 spiro atoms. The van der Waals surface area contributed by atoms with Crippen molar-refractivity contribution in [3.8, 4) is 16.1 Å². The standard InChI is InChI=1S/C25H19N5O3S/c1-29-25(33)30(14-27-29)18-10-8-15(9-11-18)22-13-20-19(6-3-7-21(20)34-22)24(32)28-17-5-2-4-16(12-17)23(26)31/h2-14H,1H3,(H2,26,31)(H,28,32). The topological polar surface area (TPSA) is 112 Å². The van der Waals surface area contributed by atoms with Gasteiger partial charge in [0.15, 0.2) is 0 Å². The highest BCUT2D eigenvalue weighted by Crippen LogP contribution is 2.35. The quantitative estimate of drug-likeness (QED) is 0.408. The lowest BCUT2D eigenvalue weighted by atomic mass is 10.1. The van der Waals surface area contributed by atoms with Crippen LogP contribution in [-0.2, 0) is 7.05 Å². The zero-order valence-corrected chi connectivity index (χ0v) is 18.9. The number of thiophene rings is 1. The fourth-order valence-corrected chi connectivity index (χ4v) is 4.79. The van der Waals surface area contributed by atoms with E-state index in [0.717, 1.165) is 26.2 Å². The van der Waals surface area contributed by atoms with Crippen molar-refractivity contribution < 1.29 is 9.59 Å². The van der Waals surface area contributed by atoms with Gasteiger partial charge in [-0.2, -0.15) is 5.10 Å². The van der Waals surface area contributed by atoms with E-state index in [9.17, 15) is 14.4 Å². The van der Waals surface area contributed by atoms with Gasteiger partial charge in [-0.3, -0.25) is 9.59 Å². The third kappa shape index (κ3) is 3.89. The molecule has 0 unspecified atom stereocenters. The zero-order valence-electron chi connectivity index (χ0n) is 18.1. The Morgan fingerprint density at radius 1 is 1.00 bits per heavy atom. The smallest absolute Gasteiger partial charge is 0.350 e. The van der Waals surface area contributed by atoms with E-state index in [-0.39, 0.29) is 11.6 Å². The van der Waals surface area contributed by atoms with Crippen molar-refractivity contribution in [2.24, 2.45) is 12.8 Å². The number of aryl methyl sites for hydroxylation is 1. The van der Waals surface area contributed by atoms with Gasteiger partial charge in [-0.1, -0.05) is 24.3 Å². The molecule has 0 aliphatic rings. The van der Waals surface area contributed by atoms with Crippen molar-refractivity contribution in [2.75, 3.05) is 5.32 Å². The monoisotopic (exact) mass is 469 g/mol. The molecule has 0 saturated carbocycles. The molecule has 0 bridgehead atoms. The van der Waals surface area contributed by atoms with Crippen LogP contribution in [-0.4, -0.2) is 26.2 Å². The number of hydrogen-bond donors (Lipinski definition) is 2. The highest BCUT2D eigenvalue weighted by atomic mass is 32.1. The Morgan fingerprint density at radius 3 is 2.47 bits per heavy atom. The molecule has 0 radical (unpaired) electrons. The average molecular weight is 470 g/mol. The molecule has 5 rings (SSSR count). The zero-order chi connectivity index (χ0) is 23.8. The van der Waals surface area contributed by atoms with Crippen molar-refractivity contribution >= 4 is 38.9 Å². The molecule has 0 atom stereocenters. The molecule has 0 aliphatic heterocycles. The molecule has 2 amide bonds. The lowest BCUT2D eigenvalue weighted by Gasteiger charge is -2.07. The lowest BCUT2D eigenvalue weighted by Crippen LogP contribution is -2.21. The number of nitrogens with one attached hydrogen (secondary N) is 1. The van der Waals surface area contributed by atoms with Crippen LogP contribution in [0.2, 0.25) is 0 Å². The molecule has 8 nitrogen and oxygen atoms in total. The Morgan fingerprint density at radius 2 is 1.76 bits per heavy atom. The predicted molar refractivity (Wildman–Crippen MR) is 133 cm³/mol. The molecule has 2 heterocycles. The normalized spacial score (nSPS) is 11.0. The summed E-state index contributed by atoms with van der Waals surface area (Å²) in [6.07, 6.45) is 1.49. The van der Waals surface area contributed by atoms with Crippen molar-refractivity contribution in [1.82, 2.24) is 14.3 Å². The first-order valence-electron chi connectivity index (χ1n) is 10.4. The first-order valence-corrected chi connectivity index (χ1v) is 11.2. The maximum Gasteiger partial charge on any atom is 0.350 e. The maximum atomic E-state index is 13.0. The summed E-state index contributed by atoms with van der Waals surface area (Å²) < 4.78 is 3.72. The fourth-order valence-electron chi connectivity index (χ4n) is 3.70. The number of aromatic nitrogens is 3. The fraction of sp³-hybridized carbons (Fsp3) is 0.0400. The SMILES string of the molecule is Cn1ncn(-c2ccc(-c3cc4c(C(=O)Nc5cccc(C(N)=O)c5)cccc4s3)cc2)c1=O. The second kappa shape index (κ2) is 8.45. The molecular formula is C25H19N5O3S. The van der Waals surface area contributed by atoms with Crippen molar-refractivity contribution in [3.63, 3.8) is 0 Å². The summed E-state index contributed by atoms with van der Waals surface area (Å²) in [5, 5.41) is 7.66. The molecule has 2 aromatic heterocycles. The molecular weight excluding hydrogens is 450 g/mol. The highest BCUT2D eigenvalue weighted by molar-refractivity contribution is 7.22. The molecule has 3 N–H and O–H groups in total. The van der Waals surface area contributed by atoms with Crippen molar-refractivity contribution in [1.29, 1.82) is 0 Å². The van der Waals surface area contributed by atoms with E-state index in [1.54, 1.807) is 48.7 Å². The third-order valence-electron chi connectivity index (χ3n) is 5.46. The summed E-state index contributed by atoms with van der Waals surface area (Å²) in [4.78, 5) is 37.6. The number of fused-ring (bicyclic) bond motifs is 1. The van der Waals surface area contributed by atoms with Gasteiger partial charge in [0.25, 0.3) is 5.91 Å². The number of carbonyl (C=O) groups is 2. The molecule has 3 aromatic carbocycles. The van der Waals surface area contributed by atoms with Crippen LogP contribution >= 0.6 is 11.3 Å². The highest BCUT2D eigenvalue weighted by Gasteiger charge is 2.15. The number of primary amides is 1. The number of carbonyl (C=O) groups excluding carboxylic acids is 2. The molecule has 0 fully saturated rings. The Hall–Kier alpha value is -4.50. The third-order valence-corrected chi connectivity index (χ3v) is 6.61. The van der Waals surface area contributed by atoms with E-state index < -0.39 is 5.91 Å². The number of anilines is 1. The number of benzene rings is 3. The van der Waals surface area contributed by atoms with E-state index >= 15 is 0 Å². The minimum atomic E-state index is -0.555. The van der Waals surface area contributed by atoms with Crippen LogP contribution in [0.15, 0.2) is 83.9 Å². The van der Waals surface area contributed by atoms with Gasteiger partial charge in [0.05, 0.1) is 5.69 Å². The van der Waals surface area contributed by atoms with Crippen LogP contribution in [0.3, 0.4) is 0 Å². The summed E-state index contributed by atoms with van der Waals surface area (Å²) in [7, 11) is 1.60. The summed E-state index contributed by atoms with van der Waals surface area (Å²) in [6, 6.07) is 21.7. The summed E-state index contributed by atoms with van der Waals surface area (Å²) in [5.74, 6) is -0.831. The molecule has 9 heteroatoms. The number of nitrogens with two attached hydrogens (primary N) is 1. The van der Waals surface area contributed by atoms with Crippen LogP contribution in [0.1, 0.15) is 20.7 Å². The first-order chi connectivity index (χ1) is 16.4. The Bertz CT molecular complexity index is 1610. The van der Waals surface area contributed by atoms with E-state index in [1.807, 2.05) is 42.5 Å².